The molecule has 3 N–H and O–H groups in total. The Balaban J connectivity index is 1.36. The number of ether oxygens (including phenoxy) is 1. The maximum atomic E-state index is 13.5. The lowest BCUT2D eigenvalue weighted by atomic mass is 9.77. The molecule has 10 nitrogen and oxygen atoms in total. The summed E-state index contributed by atoms with van der Waals surface area (Å²) in [7, 11) is 1.46. The summed E-state index contributed by atoms with van der Waals surface area (Å²) >= 11 is 0. The minimum atomic E-state index is -0.645. The average Bonchev–Trinajstić information content (AvgIpc) is 3.52. The van der Waals surface area contributed by atoms with Crippen LogP contribution in [-0.4, -0.2) is 43.5 Å². The Morgan fingerprint density at radius 2 is 1.84 bits per heavy atom. The molecule has 2 amide bonds. The van der Waals surface area contributed by atoms with Gasteiger partial charge in [-0.3, -0.25) is 19.2 Å². The Labute approximate surface area is 220 Å². The summed E-state index contributed by atoms with van der Waals surface area (Å²) < 4.78 is 11.3. The van der Waals surface area contributed by atoms with Crippen LogP contribution in [0, 0.1) is 12.3 Å². The first kappa shape index (κ1) is 25.6. The Kier molecular flexibility index (Phi) is 6.73. The van der Waals surface area contributed by atoms with Crippen LogP contribution in [-0.2, 0) is 4.79 Å². The summed E-state index contributed by atoms with van der Waals surface area (Å²) in [5, 5.41) is 9.08. The van der Waals surface area contributed by atoms with E-state index in [4.69, 9.17) is 9.15 Å². The number of amides is 2. The molecule has 1 atom stereocenters. The van der Waals surface area contributed by atoms with E-state index in [1.807, 2.05) is 26.0 Å². The molecule has 0 aliphatic carbocycles. The van der Waals surface area contributed by atoms with Crippen molar-refractivity contribution in [2.75, 3.05) is 37.4 Å². The first-order valence-electron chi connectivity index (χ1n) is 13.0. The van der Waals surface area contributed by atoms with E-state index in [-0.39, 0.29) is 40.4 Å². The van der Waals surface area contributed by atoms with Crippen molar-refractivity contribution in [2.45, 2.75) is 45.6 Å². The number of rotatable bonds is 8. The van der Waals surface area contributed by atoms with Crippen LogP contribution in [0.4, 0.5) is 17.1 Å². The van der Waals surface area contributed by atoms with Gasteiger partial charge in [-0.2, -0.15) is 0 Å². The number of piperidine rings is 1. The van der Waals surface area contributed by atoms with E-state index in [2.05, 4.69) is 16.0 Å². The van der Waals surface area contributed by atoms with E-state index in [0.29, 0.717) is 55.9 Å². The highest BCUT2D eigenvalue weighted by molar-refractivity contribution is 5.99. The summed E-state index contributed by atoms with van der Waals surface area (Å²) in [5.74, 6) is 1.58. The fraction of sp³-hybridized carbons (Fsp3) is 0.429. The summed E-state index contributed by atoms with van der Waals surface area (Å²) in [6, 6.07) is 8.47. The van der Waals surface area contributed by atoms with Crippen LogP contribution in [0.5, 0.6) is 5.75 Å². The first-order valence-corrected chi connectivity index (χ1v) is 13.0. The molecule has 2 aliphatic heterocycles. The van der Waals surface area contributed by atoms with Crippen LogP contribution in [0.25, 0.3) is 0 Å². The van der Waals surface area contributed by atoms with E-state index in [0.717, 1.165) is 12.2 Å². The van der Waals surface area contributed by atoms with Gasteiger partial charge in [0.05, 0.1) is 29.8 Å². The molecule has 0 unspecified atom stereocenters. The van der Waals surface area contributed by atoms with Crippen LogP contribution >= 0.6 is 0 Å². The number of furan rings is 1. The Morgan fingerprint density at radius 3 is 2.45 bits per heavy atom. The van der Waals surface area contributed by atoms with Gasteiger partial charge in [-0.05, 0) is 56.9 Å². The van der Waals surface area contributed by atoms with Gasteiger partial charge in [0, 0.05) is 19.6 Å². The highest BCUT2D eigenvalue weighted by Gasteiger charge is 2.45. The van der Waals surface area contributed by atoms with E-state index in [9.17, 15) is 19.2 Å². The molecule has 2 saturated heterocycles. The predicted octanol–water partition coefficient (Wildman–Crippen LogP) is 3.24. The van der Waals surface area contributed by atoms with Crippen molar-refractivity contribution in [3.8, 4) is 5.75 Å². The Hall–Kier alpha value is -4.08. The molecule has 0 saturated carbocycles. The summed E-state index contributed by atoms with van der Waals surface area (Å²) in [6.07, 6.45) is 2.68. The van der Waals surface area contributed by atoms with Crippen LogP contribution < -0.4 is 31.5 Å². The van der Waals surface area contributed by atoms with Crippen LogP contribution in [0.2, 0.25) is 0 Å². The second kappa shape index (κ2) is 10.00. The van der Waals surface area contributed by atoms with Gasteiger partial charge in [0.2, 0.25) is 5.91 Å². The predicted molar refractivity (Wildman–Crippen MR) is 143 cm³/mol. The van der Waals surface area contributed by atoms with Crippen molar-refractivity contribution >= 4 is 28.9 Å². The molecule has 200 valence electrons. The highest BCUT2D eigenvalue weighted by Crippen LogP contribution is 2.39. The standard InChI is InChI=1S/C28H32N4O6/c1-4-18(20-9-8-16(2)38-20)30-21-22(24(34)23(21)33)31-19-7-5-6-17(25(19)37-3)26(35)32-14-11-28(12-15-32)10-13-29-27(28)36/h5-9,18,30-31H,4,10-15H2,1-3H3,(H,29,36)/t18-/m1/s1. The van der Waals surface area contributed by atoms with E-state index >= 15 is 0 Å². The number of hydrogen-bond acceptors (Lipinski definition) is 8. The molecular formula is C28H32N4O6. The van der Waals surface area contributed by atoms with Gasteiger partial charge < -0.3 is 30.0 Å². The van der Waals surface area contributed by atoms with E-state index < -0.39 is 10.9 Å². The Morgan fingerprint density at radius 1 is 1.11 bits per heavy atom. The molecule has 0 bridgehead atoms. The third-order valence-corrected chi connectivity index (χ3v) is 7.83. The molecule has 5 rings (SSSR count). The molecule has 2 aromatic carbocycles. The third-order valence-electron chi connectivity index (χ3n) is 7.83. The zero-order valence-electron chi connectivity index (χ0n) is 21.8. The lowest BCUT2D eigenvalue weighted by molar-refractivity contribution is -0.129. The van der Waals surface area contributed by atoms with Crippen molar-refractivity contribution in [3.05, 3.63) is 67.9 Å². The molecule has 2 fully saturated rings. The summed E-state index contributed by atoms with van der Waals surface area (Å²) in [6.45, 7) is 5.43. The van der Waals surface area contributed by atoms with Crippen LogP contribution in [0.1, 0.15) is 60.5 Å². The number of benzene rings is 1. The quantitative estimate of drug-likeness (QED) is 0.386. The number of para-hydroxylation sites is 1. The van der Waals surface area contributed by atoms with Gasteiger partial charge >= 0.3 is 0 Å². The summed E-state index contributed by atoms with van der Waals surface area (Å²) in [4.78, 5) is 52.5. The maximum absolute atomic E-state index is 13.5. The van der Waals surface area contributed by atoms with Crippen molar-refractivity contribution < 1.29 is 18.7 Å². The first-order chi connectivity index (χ1) is 18.3. The topological polar surface area (TPSA) is 130 Å². The average molecular weight is 521 g/mol. The van der Waals surface area contributed by atoms with E-state index in [1.54, 1.807) is 23.1 Å². The number of methoxy groups -OCH3 is 1. The summed E-state index contributed by atoms with van der Waals surface area (Å²) in [5.41, 5.74) is -0.597. The van der Waals surface area contributed by atoms with Gasteiger partial charge in [0.25, 0.3) is 16.8 Å². The molecule has 3 aromatic rings. The lowest BCUT2D eigenvalue weighted by Gasteiger charge is -2.37. The molecule has 3 heterocycles. The zero-order valence-corrected chi connectivity index (χ0v) is 21.8. The lowest BCUT2D eigenvalue weighted by Crippen LogP contribution is -2.46. The van der Waals surface area contributed by atoms with Crippen molar-refractivity contribution in [1.29, 1.82) is 0 Å². The molecule has 0 radical (unpaired) electrons. The zero-order chi connectivity index (χ0) is 27.0. The molecule has 38 heavy (non-hydrogen) atoms. The van der Waals surface area contributed by atoms with E-state index in [1.165, 1.54) is 7.11 Å². The van der Waals surface area contributed by atoms with Gasteiger partial charge in [-0.15, -0.1) is 0 Å². The number of nitrogens with one attached hydrogen (secondary N) is 3. The second-order valence-electron chi connectivity index (χ2n) is 10.1. The monoisotopic (exact) mass is 520 g/mol. The number of carbonyl (C=O) groups excluding carboxylic acids is 2. The van der Waals surface area contributed by atoms with Crippen LogP contribution in [0.15, 0.2) is 44.3 Å². The fourth-order valence-corrected chi connectivity index (χ4v) is 5.50. The van der Waals surface area contributed by atoms with Crippen molar-refractivity contribution in [3.63, 3.8) is 0 Å². The normalized spacial score (nSPS) is 17.4. The largest absolute Gasteiger partial charge is 0.494 e. The van der Waals surface area contributed by atoms with Crippen molar-refractivity contribution in [1.82, 2.24) is 10.2 Å². The molecule has 10 heteroatoms. The Bertz CT molecular complexity index is 1440. The van der Waals surface area contributed by atoms with Crippen molar-refractivity contribution in [2.24, 2.45) is 5.41 Å². The number of anilines is 3. The number of carbonyl (C=O) groups is 2. The SMILES string of the molecule is CC[C@@H](Nc1c(Nc2cccc(C(=O)N3CCC4(CCNC4=O)CC3)c2OC)c(=O)c1=O)c1ccc(C)o1. The number of aryl methyl sites for hydroxylation is 1. The smallest absolute Gasteiger partial charge is 0.257 e. The molecular weight excluding hydrogens is 488 g/mol. The van der Waals surface area contributed by atoms with Crippen LogP contribution in [0.3, 0.4) is 0 Å². The van der Waals surface area contributed by atoms with Gasteiger partial charge in [-0.25, -0.2) is 0 Å². The van der Waals surface area contributed by atoms with Gasteiger partial charge in [0.15, 0.2) is 5.75 Å². The van der Waals surface area contributed by atoms with Gasteiger partial charge in [-0.1, -0.05) is 13.0 Å². The minimum Gasteiger partial charge on any atom is -0.494 e. The molecule has 2 aliphatic rings. The minimum absolute atomic E-state index is 0.0817. The number of likely N-dealkylation sites (tertiary alicyclic amines) is 1. The second-order valence-corrected chi connectivity index (χ2v) is 10.1. The third kappa shape index (κ3) is 4.33. The molecule has 1 spiro atoms. The number of nitrogens with zero attached hydrogens (tertiary/aromatic N) is 1. The molecule has 1 aromatic heterocycles. The van der Waals surface area contributed by atoms with Gasteiger partial charge in [0.1, 0.15) is 22.9 Å². The fourth-order valence-electron chi connectivity index (χ4n) is 5.50. The highest BCUT2D eigenvalue weighted by atomic mass is 16.5. The maximum Gasteiger partial charge on any atom is 0.257 e. The number of hydrogen-bond donors (Lipinski definition) is 3.